The molecule has 0 N–H and O–H groups in total. The zero-order valence-electron chi connectivity index (χ0n) is 23.6. The van der Waals surface area contributed by atoms with Crippen LogP contribution >= 0.6 is 0 Å². The van der Waals surface area contributed by atoms with Crippen molar-refractivity contribution in [2.45, 2.75) is 6.54 Å². The summed E-state index contributed by atoms with van der Waals surface area (Å²) in [6.07, 6.45) is 0. The maximum absolute atomic E-state index is 13.5. The first-order valence-corrected chi connectivity index (χ1v) is 13.9. The number of ether oxygens (including phenoxy) is 3. The molecule has 4 aromatic rings. The number of carbonyl (C=O) groups excluding carboxylic acids is 2. The second-order valence-electron chi connectivity index (χ2n) is 10.2. The van der Waals surface area contributed by atoms with E-state index in [-0.39, 0.29) is 31.7 Å². The van der Waals surface area contributed by atoms with E-state index in [4.69, 9.17) is 14.2 Å². The van der Waals surface area contributed by atoms with E-state index < -0.39 is 5.82 Å². The summed E-state index contributed by atoms with van der Waals surface area (Å²) < 4.78 is 29.7. The van der Waals surface area contributed by atoms with Crippen molar-refractivity contribution in [2.24, 2.45) is 0 Å². The van der Waals surface area contributed by atoms with E-state index in [2.05, 4.69) is 15.1 Å². The zero-order valence-corrected chi connectivity index (χ0v) is 23.6. The van der Waals surface area contributed by atoms with Gasteiger partial charge in [-0.15, -0.1) is 10.2 Å². The molecule has 0 spiro atoms. The number of anilines is 1. The Morgan fingerprint density at radius 3 is 2.44 bits per heavy atom. The van der Waals surface area contributed by atoms with Gasteiger partial charge in [0.2, 0.25) is 12.7 Å². The molecule has 3 heterocycles. The van der Waals surface area contributed by atoms with E-state index in [1.165, 1.54) is 29.2 Å². The van der Waals surface area contributed by atoms with Gasteiger partial charge in [-0.05, 0) is 66.2 Å². The molecule has 220 valence electrons. The molecule has 0 unspecified atom stereocenters. The first-order valence-electron chi connectivity index (χ1n) is 13.9. The van der Waals surface area contributed by atoms with Gasteiger partial charge in [-0.2, -0.15) is 0 Å². The predicted molar refractivity (Wildman–Crippen MR) is 157 cm³/mol. The second-order valence-corrected chi connectivity index (χ2v) is 10.2. The molecule has 0 bridgehead atoms. The highest BCUT2D eigenvalue weighted by Gasteiger charge is 2.27. The number of hydrogen-bond donors (Lipinski definition) is 0. The van der Waals surface area contributed by atoms with E-state index in [0.717, 1.165) is 28.4 Å². The molecule has 0 saturated carbocycles. The van der Waals surface area contributed by atoms with Crippen LogP contribution in [0.15, 0.2) is 78.9 Å². The molecule has 3 aromatic carbocycles. The average molecular weight is 584 g/mol. The van der Waals surface area contributed by atoms with Crippen molar-refractivity contribution >= 4 is 17.6 Å². The molecule has 10 nitrogen and oxygen atoms in total. The number of fused-ring (bicyclic) bond motifs is 1. The van der Waals surface area contributed by atoms with Gasteiger partial charge in [0, 0.05) is 43.9 Å². The van der Waals surface area contributed by atoms with Crippen LogP contribution in [0.4, 0.5) is 10.2 Å². The molecule has 2 amide bonds. The third kappa shape index (κ3) is 6.35. The van der Waals surface area contributed by atoms with Gasteiger partial charge >= 0.3 is 0 Å². The standard InChI is InChI=1S/C32H30FN5O5/c1-41-26-4-2-3-24(18-26)27-10-12-30(35-34-27)36-13-15-37(16-14-36)31(39)20-38(32(40)23-6-8-25(33)9-7-23)19-22-5-11-28-29(17-22)43-21-42-28/h2-12,17-18H,13-16,19-21H2,1H3. The van der Waals surface area contributed by atoms with E-state index in [1.54, 1.807) is 24.1 Å². The summed E-state index contributed by atoms with van der Waals surface area (Å²) in [6.45, 7) is 2.29. The summed E-state index contributed by atoms with van der Waals surface area (Å²) in [5, 5.41) is 8.82. The van der Waals surface area contributed by atoms with Crippen molar-refractivity contribution in [1.29, 1.82) is 0 Å². The van der Waals surface area contributed by atoms with Crippen LogP contribution in [0, 0.1) is 5.82 Å². The smallest absolute Gasteiger partial charge is 0.254 e. The third-order valence-corrected chi connectivity index (χ3v) is 7.49. The Bertz CT molecular complexity index is 1610. The van der Waals surface area contributed by atoms with Crippen LogP contribution in [0.3, 0.4) is 0 Å². The minimum Gasteiger partial charge on any atom is -0.497 e. The van der Waals surface area contributed by atoms with Gasteiger partial charge in [0.1, 0.15) is 18.1 Å². The van der Waals surface area contributed by atoms with Gasteiger partial charge in [-0.1, -0.05) is 18.2 Å². The van der Waals surface area contributed by atoms with E-state index >= 15 is 0 Å². The highest BCUT2D eigenvalue weighted by Crippen LogP contribution is 2.33. The molecule has 43 heavy (non-hydrogen) atoms. The fourth-order valence-corrected chi connectivity index (χ4v) is 5.11. The number of aromatic nitrogens is 2. The first-order chi connectivity index (χ1) is 21.0. The number of rotatable bonds is 8. The predicted octanol–water partition coefficient (Wildman–Crippen LogP) is 4.01. The monoisotopic (exact) mass is 583 g/mol. The fraction of sp³-hybridized carbons (Fsp3) is 0.250. The van der Waals surface area contributed by atoms with Crippen molar-refractivity contribution in [3.63, 3.8) is 0 Å². The van der Waals surface area contributed by atoms with Crippen LogP contribution in [-0.2, 0) is 11.3 Å². The number of amides is 2. The van der Waals surface area contributed by atoms with Crippen LogP contribution in [0.1, 0.15) is 15.9 Å². The van der Waals surface area contributed by atoms with Crippen molar-refractivity contribution in [3.05, 3.63) is 95.8 Å². The van der Waals surface area contributed by atoms with E-state index in [9.17, 15) is 14.0 Å². The zero-order chi connectivity index (χ0) is 29.8. The Kier molecular flexibility index (Phi) is 8.03. The summed E-state index contributed by atoms with van der Waals surface area (Å²) in [7, 11) is 1.62. The lowest BCUT2D eigenvalue weighted by Gasteiger charge is -2.36. The highest BCUT2D eigenvalue weighted by molar-refractivity contribution is 5.96. The Hall–Kier alpha value is -5.19. The topological polar surface area (TPSA) is 97.3 Å². The van der Waals surface area contributed by atoms with Crippen LogP contribution in [0.5, 0.6) is 17.2 Å². The Morgan fingerprint density at radius 1 is 0.907 bits per heavy atom. The molecule has 1 fully saturated rings. The van der Waals surface area contributed by atoms with Gasteiger partial charge < -0.3 is 28.9 Å². The van der Waals surface area contributed by atoms with E-state index in [0.29, 0.717) is 43.2 Å². The van der Waals surface area contributed by atoms with Gasteiger partial charge in [0.25, 0.3) is 5.91 Å². The molecular weight excluding hydrogens is 553 g/mol. The fourth-order valence-electron chi connectivity index (χ4n) is 5.11. The Balaban J connectivity index is 1.11. The number of hydrogen-bond acceptors (Lipinski definition) is 8. The van der Waals surface area contributed by atoms with Crippen molar-refractivity contribution in [3.8, 4) is 28.5 Å². The number of nitrogens with zero attached hydrogens (tertiary/aromatic N) is 5. The molecule has 2 aliphatic heterocycles. The van der Waals surface area contributed by atoms with Gasteiger partial charge in [0.15, 0.2) is 17.3 Å². The van der Waals surface area contributed by atoms with E-state index in [1.807, 2.05) is 42.5 Å². The molecule has 2 aliphatic rings. The Labute approximate surface area is 248 Å². The second kappa shape index (κ2) is 12.4. The first kappa shape index (κ1) is 28.0. The summed E-state index contributed by atoms with van der Waals surface area (Å²) in [5.74, 6) is 1.73. The molecular formula is C32H30FN5O5. The minimum absolute atomic E-state index is 0.125. The van der Waals surface area contributed by atoms with Crippen LogP contribution < -0.4 is 19.1 Å². The maximum atomic E-state index is 13.5. The highest BCUT2D eigenvalue weighted by atomic mass is 19.1. The normalized spacial score (nSPS) is 14.0. The summed E-state index contributed by atoms with van der Waals surface area (Å²) in [5.41, 5.74) is 2.74. The SMILES string of the molecule is COc1cccc(-c2ccc(N3CCN(C(=O)CN(Cc4ccc5c(c4)OCO5)C(=O)c4ccc(F)cc4)CC3)nn2)c1. The van der Waals surface area contributed by atoms with Crippen LogP contribution in [0.2, 0.25) is 0 Å². The molecule has 0 atom stereocenters. The van der Waals surface area contributed by atoms with Gasteiger partial charge in [-0.3, -0.25) is 9.59 Å². The molecule has 0 radical (unpaired) electrons. The Morgan fingerprint density at radius 2 is 1.70 bits per heavy atom. The van der Waals surface area contributed by atoms with Crippen molar-refractivity contribution in [2.75, 3.05) is 51.5 Å². The largest absolute Gasteiger partial charge is 0.497 e. The molecule has 1 saturated heterocycles. The van der Waals surface area contributed by atoms with Crippen molar-refractivity contribution in [1.82, 2.24) is 20.0 Å². The number of carbonyl (C=O) groups is 2. The number of methoxy groups -OCH3 is 1. The number of benzene rings is 3. The molecule has 11 heteroatoms. The number of halogens is 1. The van der Waals surface area contributed by atoms with Crippen LogP contribution in [-0.4, -0.2) is 78.4 Å². The quantitative estimate of drug-likeness (QED) is 0.307. The molecule has 6 rings (SSSR count). The number of piperazine rings is 1. The lowest BCUT2D eigenvalue weighted by molar-refractivity contribution is -0.132. The minimum atomic E-state index is -0.438. The summed E-state index contributed by atoms with van der Waals surface area (Å²) >= 11 is 0. The van der Waals surface area contributed by atoms with Crippen molar-refractivity contribution < 1.29 is 28.2 Å². The maximum Gasteiger partial charge on any atom is 0.254 e. The lowest BCUT2D eigenvalue weighted by atomic mass is 10.1. The van der Waals surface area contributed by atoms with Gasteiger partial charge in [-0.25, -0.2) is 4.39 Å². The summed E-state index contributed by atoms with van der Waals surface area (Å²) in [6, 6.07) is 22.2. The molecule has 0 aliphatic carbocycles. The van der Waals surface area contributed by atoms with Crippen LogP contribution in [0.25, 0.3) is 11.3 Å². The lowest BCUT2D eigenvalue weighted by Crippen LogP contribution is -2.52. The van der Waals surface area contributed by atoms with Gasteiger partial charge in [0.05, 0.1) is 12.8 Å². The molecule has 1 aromatic heterocycles. The summed E-state index contributed by atoms with van der Waals surface area (Å²) in [4.78, 5) is 32.2. The third-order valence-electron chi connectivity index (χ3n) is 7.49. The average Bonchev–Trinajstić information content (AvgIpc) is 3.53.